The first-order valence-electron chi connectivity index (χ1n) is 36.3. The summed E-state index contributed by atoms with van der Waals surface area (Å²) in [6.45, 7) is 8.29. The first-order valence-corrected chi connectivity index (χ1v) is 38.2. The summed E-state index contributed by atoms with van der Waals surface area (Å²) in [5.41, 5.74) is 17.1. The molecule has 12 aromatic carbocycles. The van der Waals surface area contributed by atoms with Gasteiger partial charge in [-0.1, -0.05) is 285 Å². The summed E-state index contributed by atoms with van der Waals surface area (Å²) in [6, 6.07) is 104. The lowest BCUT2D eigenvalue weighted by Crippen LogP contribution is -2.41. The smallest absolute Gasteiger partial charge is 0.423 e. The quantitative estimate of drug-likeness (QED) is 0.0794. The molecule has 1 aliphatic rings. The lowest BCUT2D eigenvalue weighted by atomic mass is 9.78. The van der Waals surface area contributed by atoms with Gasteiger partial charge in [0.25, 0.3) is 0 Å². The lowest BCUT2D eigenvalue weighted by molar-refractivity contribution is 0.00578. The molecule has 114 heavy (non-hydrogen) atoms. The minimum Gasteiger partial charge on any atom is -0.423 e. The number of nitrogens with zero attached hydrogens (tertiary/aromatic N) is 9. The van der Waals surface area contributed by atoms with Gasteiger partial charge in [-0.3, -0.25) is 15.0 Å². The van der Waals surface area contributed by atoms with Gasteiger partial charge in [0.1, 0.15) is 15.5 Å². The van der Waals surface area contributed by atoms with Gasteiger partial charge < -0.3 is 19.4 Å². The molecule has 0 saturated carbocycles. The van der Waals surface area contributed by atoms with E-state index in [1.165, 1.54) is 27.6 Å². The van der Waals surface area contributed by atoms with Gasteiger partial charge in [-0.25, -0.2) is 29.9 Å². The van der Waals surface area contributed by atoms with Crippen molar-refractivity contribution in [1.29, 1.82) is 0 Å². The van der Waals surface area contributed by atoms with Crippen LogP contribution in [-0.2, 0) is 9.31 Å². The highest BCUT2D eigenvalue weighted by Gasteiger charge is 2.51. The molecule has 1 saturated heterocycles. The molecule has 0 unspecified atom stereocenters. The number of hydrogen-bond donors (Lipinski definition) is 2. The highest BCUT2D eigenvalue weighted by Crippen LogP contribution is 2.38. The van der Waals surface area contributed by atoms with Crippen molar-refractivity contribution in [3.63, 3.8) is 0 Å². The van der Waals surface area contributed by atoms with E-state index in [0.717, 1.165) is 116 Å². The number of rotatable bonds is 9. The van der Waals surface area contributed by atoms with Crippen LogP contribution in [0.2, 0.25) is 26.0 Å². The van der Waals surface area contributed by atoms with Crippen molar-refractivity contribution in [2.24, 2.45) is 0 Å². The Morgan fingerprint density at radius 3 is 1.04 bits per heavy atom. The minimum absolute atomic E-state index is 0. The van der Waals surface area contributed by atoms with Crippen molar-refractivity contribution < 1.29 is 20.8 Å². The Morgan fingerprint density at radius 1 is 0.298 bits per heavy atom. The predicted molar refractivity (Wildman–Crippen MR) is 475 cm³/mol. The fourth-order valence-electron chi connectivity index (χ4n) is 13.0. The summed E-state index contributed by atoms with van der Waals surface area (Å²) in [5.74, 6) is 0.712. The summed E-state index contributed by atoms with van der Waals surface area (Å²) >= 11 is 28.0. The van der Waals surface area contributed by atoms with Crippen LogP contribution in [0.3, 0.4) is 0 Å². The van der Waals surface area contributed by atoms with Crippen LogP contribution in [0.5, 0.6) is 0 Å². The standard InChI is InChI=1S/C39H25N3.C21H22BNO2.C19H11Cl2N3.C10H9BO2.C4HCl3N2.CH4.H2/c1-3-9-30-21-33(19-15-26(30)7-1)38-24-37(41-39(42-38)34-20-16-27-8-2-4-10-31(27)22-34)29-17-13-28(14-18-29)35-23-32-11-5-6-12-36(32)40-25-35;1-20(2)21(3,4)25-22(24-20)18-11-9-15(10-12-18)17-13-16-7-5-6-8-19(16)23-14-17;20-18-10-17(23-19(21)24-18)13-7-5-12(6-8-13)15-9-14-3-1-2-4-16(14)22-11-15;12-11(13)10-6-5-8-3-1-2-4-9(8)7-10;5-2-1-3(6)9-4(7)8-2;;/h1-25H;5-14H,1-4H3;1-11H;1-7,12-13H;1H;1H4;1H/i;;;;;;1+1. The van der Waals surface area contributed by atoms with Crippen molar-refractivity contribution in [3.8, 4) is 78.5 Å². The van der Waals surface area contributed by atoms with E-state index >= 15 is 0 Å². The molecule has 0 aliphatic carbocycles. The highest BCUT2D eigenvalue weighted by atomic mass is 35.5. The van der Waals surface area contributed by atoms with Crippen LogP contribution in [0.1, 0.15) is 36.5 Å². The molecule has 18 aromatic rings. The number of fused-ring (bicyclic) bond motifs is 6. The number of halogens is 5. The van der Waals surface area contributed by atoms with Crippen molar-refractivity contribution >= 4 is 148 Å². The van der Waals surface area contributed by atoms with Crippen LogP contribution < -0.4 is 10.9 Å². The third-order valence-corrected chi connectivity index (χ3v) is 20.6. The first-order chi connectivity index (χ1) is 54.8. The highest BCUT2D eigenvalue weighted by molar-refractivity contribution is 6.62. The molecule has 0 bridgehead atoms. The molecule has 6 aromatic heterocycles. The maximum absolute atomic E-state index is 8.94. The zero-order valence-electron chi connectivity index (χ0n) is 61.5. The Balaban J connectivity index is 0.000000136. The van der Waals surface area contributed by atoms with E-state index in [9.17, 15) is 0 Å². The summed E-state index contributed by atoms with van der Waals surface area (Å²) < 4.78 is 12.2. The topological polar surface area (TPSA) is 175 Å². The second-order valence-corrected chi connectivity index (χ2v) is 29.6. The molecule has 560 valence electrons. The molecule has 19 rings (SSSR count). The zero-order valence-corrected chi connectivity index (χ0v) is 65.2. The third-order valence-electron chi connectivity index (χ3n) is 19.7. The number of benzene rings is 12. The Hall–Kier alpha value is -11.7. The van der Waals surface area contributed by atoms with E-state index in [1.807, 2.05) is 128 Å². The van der Waals surface area contributed by atoms with Gasteiger partial charge in [0.15, 0.2) is 5.82 Å². The number of pyridine rings is 3. The maximum Gasteiger partial charge on any atom is 0.494 e. The van der Waals surface area contributed by atoms with Crippen molar-refractivity contribution in [3.05, 3.63) is 354 Å². The Labute approximate surface area is 687 Å². The van der Waals surface area contributed by atoms with Gasteiger partial charge in [0.2, 0.25) is 10.6 Å². The van der Waals surface area contributed by atoms with Crippen molar-refractivity contribution in [1.82, 2.24) is 44.9 Å². The van der Waals surface area contributed by atoms with E-state index in [-0.39, 0.29) is 48.0 Å². The van der Waals surface area contributed by atoms with Crippen molar-refractivity contribution in [2.45, 2.75) is 46.3 Å². The van der Waals surface area contributed by atoms with Gasteiger partial charge in [-0.15, -0.1) is 0 Å². The average Bonchev–Trinajstić information content (AvgIpc) is 1.65. The fraction of sp³-hybridized carbons (Fsp3) is 0.0745. The van der Waals surface area contributed by atoms with Gasteiger partial charge >= 0.3 is 14.2 Å². The molecule has 1 fully saturated rings. The van der Waals surface area contributed by atoms with Crippen LogP contribution in [0.15, 0.2) is 328 Å². The second kappa shape index (κ2) is 35.1. The van der Waals surface area contributed by atoms with E-state index < -0.39 is 7.12 Å². The minimum atomic E-state index is -1.38. The van der Waals surface area contributed by atoms with Gasteiger partial charge in [-0.2, -0.15) is 0 Å². The lowest BCUT2D eigenvalue weighted by Gasteiger charge is -2.32. The van der Waals surface area contributed by atoms with E-state index in [0.29, 0.717) is 22.1 Å². The van der Waals surface area contributed by atoms with Crippen LogP contribution >= 0.6 is 58.0 Å². The third kappa shape index (κ3) is 18.8. The number of hydrogen-bond acceptors (Lipinski definition) is 13. The summed E-state index contributed by atoms with van der Waals surface area (Å²) in [6.07, 6.45) is 5.75. The average molecular weight is 1590 g/mol. The Kier molecular flexibility index (Phi) is 24.3. The van der Waals surface area contributed by atoms with E-state index in [4.69, 9.17) is 87.3 Å². The maximum atomic E-state index is 8.94. The molecular weight excluding hydrogens is 1520 g/mol. The molecular formula is C94H74B2Cl5N9O4. The molecule has 20 heteroatoms. The van der Waals surface area contributed by atoms with Gasteiger partial charge in [-0.05, 0) is 165 Å². The van der Waals surface area contributed by atoms with Crippen LogP contribution in [0.25, 0.3) is 144 Å². The summed E-state index contributed by atoms with van der Waals surface area (Å²) in [7, 11) is -1.71. The number of aromatic nitrogens is 9. The Bertz CT molecular complexity index is 6320. The predicted octanol–water partition coefficient (Wildman–Crippen LogP) is 23.7. The summed E-state index contributed by atoms with van der Waals surface area (Å²) in [4.78, 5) is 39.1. The van der Waals surface area contributed by atoms with Crippen LogP contribution in [-0.4, -0.2) is 80.3 Å². The van der Waals surface area contributed by atoms with Crippen molar-refractivity contribution in [2.75, 3.05) is 0 Å². The van der Waals surface area contributed by atoms with E-state index in [1.54, 1.807) is 18.2 Å². The molecule has 13 nitrogen and oxygen atoms in total. The first kappa shape index (κ1) is 79.0. The van der Waals surface area contributed by atoms with Crippen LogP contribution in [0.4, 0.5) is 0 Å². The molecule has 0 radical (unpaired) electrons. The monoisotopic (exact) mass is 1590 g/mol. The van der Waals surface area contributed by atoms with E-state index in [2.05, 4.69) is 239 Å². The van der Waals surface area contributed by atoms with Gasteiger partial charge in [0, 0.05) is 87.3 Å². The normalized spacial score (nSPS) is 12.5. The largest absolute Gasteiger partial charge is 0.494 e. The molecule has 7 heterocycles. The molecule has 0 amide bonds. The zero-order chi connectivity index (χ0) is 78.2. The fourth-order valence-corrected chi connectivity index (χ4v) is 14.1. The van der Waals surface area contributed by atoms with Crippen LogP contribution in [0, 0.1) is 0 Å². The Morgan fingerprint density at radius 2 is 0.614 bits per heavy atom. The second-order valence-electron chi connectivity index (χ2n) is 27.8. The molecule has 1 aliphatic heterocycles. The number of para-hydroxylation sites is 3. The summed E-state index contributed by atoms with van der Waals surface area (Å²) in [5, 5.41) is 29.2. The SMILES string of the molecule is C.CC1(C)OB(c2ccc(-c3cnc4ccccc4c3)cc2)OC1(C)C.Clc1cc(-c2ccc(-c3cnc4ccccc4c3)cc2)nc(Cl)n1.Clc1cc(Cl)nc(Cl)n1.OB(O)c1ccc2ccccc2c1.[2HH].c1ccc2cc(-c3cc(-c4ccc(-c5cnc6ccccc6c5)cc4)nc(-c4ccc5ccccc5c4)n3)ccc2c1. The molecule has 0 atom stereocenters. The molecule has 0 spiro atoms. The van der Waals surface area contributed by atoms with Gasteiger partial charge in [0.05, 0.1) is 44.8 Å². The molecule has 2 N–H and O–H groups in total.